The smallest absolute Gasteiger partial charge is 0.320 e. The summed E-state index contributed by atoms with van der Waals surface area (Å²) in [6.07, 6.45) is 15.4. The molecule has 6 heteroatoms. The van der Waals surface area contributed by atoms with E-state index in [1.54, 1.807) is 18.5 Å². The first-order valence-corrected chi connectivity index (χ1v) is 12.7. The Hall–Kier alpha value is -0.220. The van der Waals surface area contributed by atoms with Crippen molar-refractivity contribution in [3.05, 3.63) is 0 Å². The van der Waals surface area contributed by atoms with Gasteiger partial charge in [-0.2, -0.15) is 0 Å². The maximum atomic E-state index is 10.1. The van der Waals surface area contributed by atoms with Crippen molar-refractivity contribution in [2.24, 2.45) is 11.5 Å². The minimum atomic E-state index is -0.933. The van der Waals surface area contributed by atoms with Crippen LogP contribution in [-0.2, 0) is 4.79 Å². The minimum absolute atomic E-state index is 0. The topological polar surface area (TPSA) is 124 Å². The fraction of sp³-hybridized carbons (Fsp3) is 0.947. The van der Waals surface area contributed by atoms with Gasteiger partial charge in [-0.15, -0.1) is 0 Å². The Bertz CT molecular complexity index is 270. The molecule has 0 aromatic rings. The van der Waals surface area contributed by atoms with Gasteiger partial charge in [0.25, 0.3) is 0 Å². The van der Waals surface area contributed by atoms with Crippen LogP contribution in [0.2, 0.25) is 0 Å². The Kier molecular flexibility index (Phi) is 23.7. The third kappa shape index (κ3) is 19.9. The maximum absolute atomic E-state index is 10.1. The molecule has 25 heavy (non-hydrogen) atoms. The lowest BCUT2D eigenvalue weighted by molar-refractivity contribution is -0.138. The second-order valence-electron chi connectivity index (χ2n) is 7.08. The van der Waals surface area contributed by atoms with E-state index in [-0.39, 0.29) is 6.15 Å². The fourth-order valence-electron chi connectivity index (χ4n) is 2.59. The number of carboxylic acids is 1. The summed E-state index contributed by atoms with van der Waals surface area (Å²) in [5.41, 5.74) is 10.4. The van der Waals surface area contributed by atoms with Gasteiger partial charge in [-0.05, 0) is 38.6 Å². The SMILES string of the molecule is CCCC[P+](C)(CCCC)CCCC.N.NCCCCC(N)C(=O)O. The highest BCUT2D eigenvalue weighted by atomic mass is 31.2. The van der Waals surface area contributed by atoms with Gasteiger partial charge in [0.1, 0.15) is 6.04 Å². The van der Waals surface area contributed by atoms with Gasteiger partial charge in [0.2, 0.25) is 0 Å². The first kappa shape index (κ1) is 29.5. The van der Waals surface area contributed by atoms with Gasteiger partial charge in [-0.25, -0.2) is 0 Å². The molecule has 0 saturated heterocycles. The van der Waals surface area contributed by atoms with Crippen LogP contribution in [0.1, 0.15) is 78.6 Å². The molecule has 0 aliphatic heterocycles. The Morgan fingerprint density at radius 3 is 1.60 bits per heavy atom. The number of hydrogen-bond acceptors (Lipinski definition) is 4. The molecular weight excluding hydrogens is 333 g/mol. The van der Waals surface area contributed by atoms with E-state index in [1.807, 2.05) is 0 Å². The molecule has 0 rings (SSSR count). The molecular formula is C19H47N3O2P+. The largest absolute Gasteiger partial charge is 0.480 e. The molecule has 0 radical (unpaired) electrons. The van der Waals surface area contributed by atoms with E-state index in [2.05, 4.69) is 27.4 Å². The molecule has 154 valence electrons. The number of unbranched alkanes of at least 4 members (excludes halogenated alkanes) is 4. The van der Waals surface area contributed by atoms with Crippen LogP contribution in [-0.4, -0.2) is 48.8 Å². The molecule has 0 amide bonds. The van der Waals surface area contributed by atoms with Crippen molar-refractivity contribution in [3.63, 3.8) is 0 Å². The summed E-state index contributed by atoms with van der Waals surface area (Å²) in [5.74, 6) is -0.933. The van der Waals surface area contributed by atoms with Crippen LogP contribution in [0.25, 0.3) is 0 Å². The van der Waals surface area contributed by atoms with Crippen LogP contribution in [0.3, 0.4) is 0 Å². The molecule has 0 aromatic carbocycles. The minimum Gasteiger partial charge on any atom is -0.480 e. The molecule has 8 N–H and O–H groups in total. The fourth-order valence-corrected chi connectivity index (χ4v) is 6.50. The van der Waals surface area contributed by atoms with Crippen LogP contribution in [0, 0.1) is 0 Å². The van der Waals surface area contributed by atoms with Gasteiger partial charge in [-0.3, -0.25) is 4.79 Å². The third-order valence-corrected chi connectivity index (χ3v) is 8.63. The maximum Gasteiger partial charge on any atom is 0.320 e. The summed E-state index contributed by atoms with van der Waals surface area (Å²) < 4.78 is 0. The summed E-state index contributed by atoms with van der Waals surface area (Å²) in [7, 11) is -0.519. The highest BCUT2D eigenvalue weighted by Crippen LogP contribution is 2.57. The van der Waals surface area contributed by atoms with Crippen molar-refractivity contribution < 1.29 is 9.90 Å². The molecule has 0 fully saturated rings. The molecule has 0 aliphatic rings. The Morgan fingerprint density at radius 2 is 1.32 bits per heavy atom. The predicted molar refractivity (Wildman–Crippen MR) is 116 cm³/mol. The van der Waals surface area contributed by atoms with Gasteiger partial charge >= 0.3 is 5.97 Å². The summed E-state index contributed by atoms with van der Waals surface area (Å²) in [5, 5.41) is 8.33. The van der Waals surface area contributed by atoms with Crippen LogP contribution in [0.15, 0.2) is 0 Å². The van der Waals surface area contributed by atoms with Gasteiger partial charge in [0.15, 0.2) is 0 Å². The zero-order chi connectivity index (χ0) is 18.8. The average Bonchev–Trinajstić information content (AvgIpc) is 2.57. The van der Waals surface area contributed by atoms with E-state index < -0.39 is 19.3 Å². The zero-order valence-corrected chi connectivity index (χ0v) is 18.3. The van der Waals surface area contributed by atoms with Crippen LogP contribution in [0.4, 0.5) is 0 Å². The Balaban J connectivity index is -0.000000392. The van der Waals surface area contributed by atoms with Gasteiger partial charge in [0.05, 0.1) is 18.5 Å². The van der Waals surface area contributed by atoms with Gasteiger partial charge in [0, 0.05) is 13.9 Å². The monoisotopic (exact) mass is 380 g/mol. The van der Waals surface area contributed by atoms with Crippen molar-refractivity contribution in [2.45, 2.75) is 84.6 Å². The van der Waals surface area contributed by atoms with E-state index >= 15 is 0 Å². The first-order chi connectivity index (χ1) is 11.4. The van der Waals surface area contributed by atoms with E-state index in [0.29, 0.717) is 13.0 Å². The highest BCUT2D eigenvalue weighted by Gasteiger charge is 2.28. The second kappa shape index (κ2) is 20.1. The van der Waals surface area contributed by atoms with E-state index in [9.17, 15) is 4.79 Å². The number of rotatable bonds is 14. The molecule has 0 bridgehead atoms. The zero-order valence-electron chi connectivity index (χ0n) is 17.4. The van der Waals surface area contributed by atoms with Crippen molar-refractivity contribution >= 4 is 13.2 Å². The predicted octanol–water partition coefficient (Wildman–Crippen LogP) is 4.72. The normalized spacial score (nSPS) is 11.9. The van der Waals surface area contributed by atoms with Crippen molar-refractivity contribution in [1.29, 1.82) is 0 Å². The quantitative estimate of drug-likeness (QED) is 0.256. The summed E-state index contributed by atoms with van der Waals surface area (Å²) in [6.45, 7) is 10.2. The Morgan fingerprint density at radius 1 is 0.920 bits per heavy atom. The van der Waals surface area contributed by atoms with E-state index in [4.69, 9.17) is 16.6 Å². The molecule has 0 aliphatic carbocycles. The summed E-state index contributed by atoms with van der Waals surface area (Å²) >= 11 is 0. The average molecular weight is 381 g/mol. The number of nitrogens with two attached hydrogens (primary N) is 2. The molecule has 0 heterocycles. The van der Waals surface area contributed by atoms with Gasteiger partial charge in [-0.1, -0.05) is 46.5 Å². The van der Waals surface area contributed by atoms with Gasteiger partial charge < -0.3 is 22.7 Å². The standard InChI is InChI=1S/C13H30P.C6H14N2O2.H3N/c1-5-8-11-14(4,12-9-6-2)13-10-7-3;7-4-2-1-3-5(8)6(9)10;/h5-13H2,1-4H3;5H,1-4,7-8H2,(H,9,10);1H3/q+1;;. The number of carbonyl (C=O) groups is 1. The number of carboxylic acid groups (broad SMARTS) is 1. The van der Waals surface area contributed by atoms with E-state index in [0.717, 1.165) is 12.8 Å². The second-order valence-corrected chi connectivity index (χ2v) is 11.7. The molecule has 1 unspecified atom stereocenters. The molecule has 0 aromatic heterocycles. The van der Waals surface area contributed by atoms with Crippen molar-refractivity contribution in [1.82, 2.24) is 6.15 Å². The summed E-state index contributed by atoms with van der Waals surface area (Å²) in [6, 6.07) is -0.716. The Labute approximate surface area is 157 Å². The number of hydrogen-bond donors (Lipinski definition) is 4. The van der Waals surface area contributed by atoms with E-state index in [1.165, 1.54) is 38.5 Å². The molecule has 0 saturated carbocycles. The highest BCUT2D eigenvalue weighted by molar-refractivity contribution is 7.75. The third-order valence-electron chi connectivity index (χ3n) is 4.44. The molecule has 5 nitrogen and oxygen atoms in total. The van der Waals surface area contributed by atoms with Crippen molar-refractivity contribution in [3.8, 4) is 0 Å². The summed E-state index contributed by atoms with van der Waals surface area (Å²) in [4.78, 5) is 10.1. The van der Waals surface area contributed by atoms with Crippen LogP contribution < -0.4 is 17.6 Å². The lowest BCUT2D eigenvalue weighted by Crippen LogP contribution is -2.29. The lowest BCUT2D eigenvalue weighted by atomic mass is 10.1. The lowest BCUT2D eigenvalue weighted by Gasteiger charge is -2.22. The first-order valence-electron chi connectivity index (χ1n) is 9.88. The molecule has 0 spiro atoms. The van der Waals surface area contributed by atoms with Crippen molar-refractivity contribution in [2.75, 3.05) is 31.7 Å². The van der Waals surface area contributed by atoms with Crippen LogP contribution in [0.5, 0.6) is 0 Å². The molecule has 1 atom stereocenters. The van der Waals surface area contributed by atoms with Crippen LogP contribution >= 0.6 is 7.26 Å². The number of aliphatic carboxylic acids is 1.